The Labute approximate surface area is 42.5 Å². The largest absolute Gasteiger partial charge is 0.380 e. The minimum absolute atomic E-state index is 0.389. The van der Waals surface area contributed by atoms with Crippen molar-refractivity contribution in [2.75, 3.05) is 14.1 Å². The molecule has 0 heterocycles. The molecule has 41 valence electrons. The number of hydrogen-bond donors (Lipinski definition) is 1. The monoisotopic (exact) mass is 102 g/mol. The van der Waals surface area contributed by atoms with Crippen molar-refractivity contribution in [2.24, 2.45) is 0 Å². The highest BCUT2D eigenvalue weighted by Gasteiger charge is 1.97. The summed E-state index contributed by atoms with van der Waals surface area (Å²) in [4.78, 5) is 11.4. The Morgan fingerprint density at radius 1 is 1.71 bits per heavy atom. The smallest absolute Gasteiger partial charge is 0.254 e. The molecule has 0 aliphatic heterocycles. The highest BCUT2D eigenvalue weighted by molar-refractivity contribution is 5.82. The summed E-state index contributed by atoms with van der Waals surface area (Å²) in [5.41, 5.74) is 0. The summed E-state index contributed by atoms with van der Waals surface area (Å²) in [5, 5.41) is 7.99. The first kappa shape index (κ1) is 6.43. The third kappa shape index (κ3) is 2.17. The van der Waals surface area contributed by atoms with Gasteiger partial charge in [0.1, 0.15) is 0 Å². The molecule has 0 aromatic heterocycles. The number of aliphatic hydroxyl groups excluding tert-OH is 1. The fourth-order valence-corrected chi connectivity index (χ4v) is 0.115. The molecule has 1 N–H and O–H groups in total. The molecule has 7 heavy (non-hydrogen) atoms. The van der Waals surface area contributed by atoms with E-state index in [0.29, 0.717) is 6.61 Å². The lowest BCUT2D eigenvalue weighted by atomic mass is 10.6. The van der Waals surface area contributed by atoms with Gasteiger partial charge in [0, 0.05) is 14.1 Å². The number of nitrogens with zero attached hydrogens (tertiary/aromatic N) is 1. The van der Waals surface area contributed by atoms with Gasteiger partial charge in [0.15, 0.2) is 6.61 Å². The number of hydrogen-bond acceptors (Lipinski definition) is 2. The molecule has 0 aromatic rings. The van der Waals surface area contributed by atoms with Gasteiger partial charge >= 0.3 is 0 Å². The van der Waals surface area contributed by atoms with E-state index in [4.69, 9.17) is 5.11 Å². The Hall–Kier alpha value is -0.570. The highest BCUT2D eigenvalue weighted by atomic mass is 16.3. The third-order valence-corrected chi connectivity index (χ3v) is 0.551. The van der Waals surface area contributed by atoms with E-state index < -0.39 is 0 Å². The van der Waals surface area contributed by atoms with Crippen LogP contribution in [-0.4, -0.2) is 30.0 Å². The summed E-state index contributed by atoms with van der Waals surface area (Å²) in [6, 6.07) is 0. The van der Waals surface area contributed by atoms with Crippen LogP contribution < -0.4 is 0 Å². The van der Waals surface area contributed by atoms with Crippen LogP contribution in [0.2, 0.25) is 0 Å². The van der Waals surface area contributed by atoms with E-state index in [-0.39, 0.29) is 5.91 Å². The second-order valence-electron chi connectivity index (χ2n) is 1.36. The lowest BCUT2D eigenvalue weighted by Gasteiger charge is -2.04. The Balaban J connectivity index is 3.35. The molecule has 0 bridgehead atoms. The van der Waals surface area contributed by atoms with Gasteiger partial charge in [0.25, 0.3) is 5.91 Å². The van der Waals surface area contributed by atoms with Gasteiger partial charge in [-0.2, -0.15) is 0 Å². The number of carbonyl (C=O) groups is 1. The molecule has 0 rings (SSSR count). The SMILES string of the molecule is CN(C)C(=O)[CH]O. The van der Waals surface area contributed by atoms with Gasteiger partial charge < -0.3 is 10.0 Å². The normalized spacial score (nSPS) is 8.43. The minimum atomic E-state index is -0.389. The average molecular weight is 102 g/mol. The molecule has 1 amide bonds. The van der Waals surface area contributed by atoms with Crippen molar-refractivity contribution < 1.29 is 9.90 Å². The van der Waals surface area contributed by atoms with Crippen LogP contribution >= 0.6 is 0 Å². The molecule has 0 fully saturated rings. The van der Waals surface area contributed by atoms with E-state index in [1.165, 1.54) is 4.90 Å². The van der Waals surface area contributed by atoms with Crippen LogP contribution in [0.15, 0.2) is 0 Å². The van der Waals surface area contributed by atoms with E-state index in [1.54, 1.807) is 14.1 Å². The van der Waals surface area contributed by atoms with Crippen molar-refractivity contribution in [3.8, 4) is 0 Å². The number of aliphatic hydroxyl groups is 1. The molecule has 0 atom stereocenters. The molecule has 0 spiro atoms. The number of amides is 1. The summed E-state index contributed by atoms with van der Waals surface area (Å²) in [6.45, 7) is 0.528. The molecular weight excluding hydrogens is 94.0 g/mol. The van der Waals surface area contributed by atoms with Crippen molar-refractivity contribution in [1.29, 1.82) is 0 Å². The summed E-state index contributed by atoms with van der Waals surface area (Å²) in [5.74, 6) is -0.389. The first-order chi connectivity index (χ1) is 3.18. The molecular formula is C4H8NO2. The van der Waals surface area contributed by atoms with E-state index in [1.807, 2.05) is 0 Å². The van der Waals surface area contributed by atoms with E-state index in [2.05, 4.69) is 0 Å². The maximum atomic E-state index is 10.1. The highest BCUT2D eigenvalue weighted by Crippen LogP contribution is 1.76. The second-order valence-corrected chi connectivity index (χ2v) is 1.36. The first-order valence-electron chi connectivity index (χ1n) is 1.87. The van der Waals surface area contributed by atoms with Gasteiger partial charge in [-0.05, 0) is 0 Å². The summed E-state index contributed by atoms with van der Waals surface area (Å²) in [7, 11) is 3.13. The predicted molar refractivity (Wildman–Crippen MR) is 24.9 cm³/mol. The molecule has 1 radical (unpaired) electrons. The Bertz CT molecular complexity index is 70.1. The standard InChI is InChI=1S/C4H8NO2/c1-5(2)4(7)3-6/h3,6H,1-2H3. The maximum Gasteiger partial charge on any atom is 0.254 e. The third-order valence-electron chi connectivity index (χ3n) is 0.551. The second kappa shape index (κ2) is 2.58. The van der Waals surface area contributed by atoms with Crippen LogP contribution in [0.4, 0.5) is 0 Å². The molecule has 3 nitrogen and oxygen atoms in total. The summed E-state index contributed by atoms with van der Waals surface area (Å²) < 4.78 is 0. The molecule has 0 saturated carbocycles. The van der Waals surface area contributed by atoms with Crippen molar-refractivity contribution in [2.45, 2.75) is 0 Å². The molecule has 0 unspecified atom stereocenters. The molecule has 0 saturated heterocycles. The zero-order valence-electron chi connectivity index (χ0n) is 4.38. The maximum absolute atomic E-state index is 10.1. The zero-order valence-corrected chi connectivity index (χ0v) is 4.38. The fraction of sp³-hybridized carbons (Fsp3) is 0.500. The van der Waals surface area contributed by atoms with E-state index in [9.17, 15) is 4.79 Å². The van der Waals surface area contributed by atoms with Crippen molar-refractivity contribution in [3.05, 3.63) is 6.61 Å². The number of carbonyl (C=O) groups excluding carboxylic acids is 1. The van der Waals surface area contributed by atoms with Crippen LogP contribution in [0.5, 0.6) is 0 Å². The molecule has 0 aromatic carbocycles. The van der Waals surface area contributed by atoms with Crippen LogP contribution in [0, 0.1) is 6.61 Å². The quantitative estimate of drug-likeness (QED) is 0.489. The number of likely N-dealkylation sites (N-methyl/N-ethyl adjacent to an activating group) is 1. The first-order valence-corrected chi connectivity index (χ1v) is 1.87. The lowest BCUT2D eigenvalue weighted by Crippen LogP contribution is -2.21. The van der Waals surface area contributed by atoms with Crippen LogP contribution in [0.25, 0.3) is 0 Å². The average Bonchev–Trinajstić information content (AvgIpc) is 1.65. The van der Waals surface area contributed by atoms with Crippen molar-refractivity contribution >= 4 is 5.91 Å². The van der Waals surface area contributed by atoms with Crippen LogP contribution in [0.1, 0.15) is 0 Å². The zero-order chi connectivity index (χ0) is 5.86. The van der Waals surface area contributed by atoms with Crippen LogP contribution in [0.3, 0.4) is 0 Å². The Morgan fingerprint density at radius 2 is 2.14 bits per heavy atom. The predicted octanol–water partition coefficient (Wildman–Crippen LogP) is -0.391. The van der Waals surface area contributed by atoms with Gasteiger partial charge in [-0.15, -0.1) is 0 Å². The van der Waals surface area contributed by atoms with Gasteiger partial charge in [-0.1, -0.05) is 0 Å². The summed E-state index contributed by atoms with van der Waals surface area (Å²) in [6.07, 6.45) is 0. The van der Waals surface area contributed by atoms with Gasteiger partial charge in [-0.25, -0.2) is 0 Å². The van der Waals surface area contributed by atoms with Crippen molar-refractivity contribution in [1.82, 2.24) is 4.90 Å². The van der Waals surface area contributed by atoms with Crippen LogP contribution in [-0.2, 0) is 4.79 Å². The molecule has 3 heteroatoms. The lowest BCUT2D eigenvalue weighted by molar-refractivity contribution is -0.127. The summed E-state index contributed by atoms with van der Waals surface area (Å²) >= 11 is 0. The van der Waals surface area contributed by atoms with Gasteiger partial charge in [0.2, 0.25) is 0 Å². The van der Waals surface area contributed by atoms with Crippen molar-refractivity contribution in [3.63, 3.8) is 0 Å². The minimum Gasteiger partial charge on any atom is -0.380 e. The molecule has 0 aliphatic carbocycles. The number of rotatable bonds is 1. The van der Waals surface area contributed by atoms with Gasteiger partial charge in [0.05, 0.1) is 0 Å². The van der Waals surface area contributed by atoms with Gasteiger partial charge in [-0.3, -0.25) is 4.79 Å². The molecule has 0 aliphatic rings. The van der Waals surface area contributed by atoms with E-state index in [0.717, 1.165) is 0 Å². The Kier molecular flexibility index (Phi) is 2.37. The fourth-order valence-electron chi connectivity index (χ4n) is 0.115. The van der Waals surface area contributed by atoms with E-state index >= 15 is 0 Å². The Morgan fingerprint density at radius 3 is 2.14 bits per heavy atom. The topological polar surface area (TPSA) is 40.5 Å².